The van der Waals surface area contributed by atoms with Gasteiger partial charge in [0, 0.05) is 5.56 Å². The lowest BCUT2D eigenvalue weighted by Gasteiger charge is -2.17. The quantitative estimate of drug-likeness (QED) is 0.377. The van der Waals surface area contributed by atoms with Crippen molar-refractivity contribution in [2.75, 3.05) is 4.90 Å². The van der Waals surface area contributed by atoms with Gasteiger partial charge in [0.05, 0.1) is 16.8 Å². The first kappa shape index (κ1) is 15.6. The van der Waals surface area contributed by atoms with E-state index < -0.39 is 8.07 Å². The number of rotatable bonds is 1. The third-order valence-corrected chi connectivity index (χ3v) is 5.11. The van der Waals surface area contributed by atoms with Crippen LogP contribution in [-0.4, -0.2) is 19.9 Å². The van der Waals surface area contributed by atoms with Crippen molar-refractivity contribution in [2.45, 2.75) is 19.6 Å². The second-order valence-electron chi connectivity index (χ2n) is 7.35. The molecule has 0 saturated carbocycles. The van der Waals surface area contributed by atoms with E-state index in [1.165, 1.54) is 4.90 Å². The smallest absolute Gasteiger partial charge is 0.266 e. The van der Waals surface area contributed by atoms with Gasteiger partial charge in [0.25, 0.3) is 11.8 Å². The van der Waals surface area contributed by atoms with E-state index in [-0.39, 0.29) is 11.8 Å². The van der Waals surface area contributed by atoms with E-state index in [4.69, 9.17) is 0 Å². The Kier molecular flexibility index (Phi) is 3.31. The summed E-state index contributed by atoms with van der Waals surface area (Å²) in [6.45, 7) is 6.51. The van der Waals surface area contributed by atoms with Crippen molar-refractivity contribution >= 4 is 37.7 Å². The molecular formula is C21H17NO2Si. The Morgan fingerprint density at radius 1 is 0.840 bits per heavy atom. The first-order chi connectivity index (χ1) is 11.8. The Labute approximate surface area is 148 Å². The van der Waals surface area contributed by atoms with Gasteiger partial charge in [-0.05, 0) is 41.5 Å². The average Bonchev–Trinajstić information content (AvgIpc) is 2.78. The van der Waals surface area contributed by atoms with Gasteiger partial charge in [-0.15, -0.1) is 5.54 Å². The van der Waals surface area contributed by atoms with Crippen LogP contribution in [0.25, 0.3) is 12.2 Å². The van der Waals surface area contributed by atoms with E-state index in [1.54, 1.807) is 12.1 Å². The fraction of sp³-hybridized carbons (Fsp3) is 0.143. The van der Waals surface area contributed by atoms with Crippen molar-refractivity contribution in [2.24, 2.45) is 0 Å². The molecule has 2 aromatic rings. The van der Waals surface area contributed by atoms with Crippen molar-refractivity contribution in [3.05, 3.63) is 64.2 Å². The van der Waals surface area contributed by atoms with Gasteiger partial charge in [-0.25, -0.2) is 4.90 Å². The van der Waals surface area contributed by atoms with Crippen LogP contribution in [0.2, 0.25) is 19.6 Å². The summed E-state index contributed by atoms with van der Waals surface area (Å²) in [6, 6.07) is 10.9. The summed E-state index contributed by atoms with van der Waals surface area (Å²) in [5.74, 6) is 2.60. The monoisotopic (exact) mass is 343 g/mol. The molecule has 2 aromatic carbocycles. The number of benzene rings is 2. The van der Waals surface area contributed by atoms with Gasteiger partial charge >= 0.3 is 0 Å². The maximum atomic E-state index is 12.8. The molecular weight excluding hydrogens is 326 g/mol. The van der Waals surface area contributed by atoms with Crippen LogP contribution in [0.15, 0.2) is 36.4 Å². The largest absolute Gasteiger partial charge is 0.268 e. The van der Waals surface area contributed by atoms with Crippen molar-refractivity contribution in [3.63, 3.8) is 0 Å². The fourth-order valence-corrected chi connectivity index (χ4v) is 3.41. The third-order valence-electron chi connectivity index (χ3n) is 4.24. The van der Waals surface area contributed by atoms with Crippen LogP contribution in [0, 0.1) is 11.5 Å². The molecule has 4 heteroatoms. The molecule has 1 aliphatic heterocycles. The Morgan fingerprint density at radius 2 is 1.56 bits per heavy atom. The summed E-state index contributed by atoms with van der Waals surface area (Å²) < 4.78 is 0. The van der Waals surface area contributed by atoms with Gasteiger partial charge < -0.3 is 0 Å². The van der Waals surface area contributed by atoms with E-state index in [1.807, 2.05) is 36.4 Å². The molecule has 0 spiro atoms. The lowest BCUT2D eigenvalue weighted by Crippen LogP contribution is -2.29. The maximum Gasteiger partial charge on any atom is 0.266 e. The van der Waals surface area contributed by atoms with Crippen LogP contribution in [0.3, 0.4) is 0 Å². The van der Waals surface area contributed by atoms with Crippen LogP contribution in [0.1, 0.15) is 37.4 Å². The Bertz CT molecular complexity index is 1030. The predicted molar refractivity (Wildman–Crippen MR) is 103 cm³/mol. The summed E-state index contributed by atoms with van der Waals surface area (Å²) in [7, 11) is -1.50. The van der Waals surface area contributed by atoms with Gasteiger partial charge in [0.1, 0.15) is 8.07 Å². The van der Waals surface area contributed by atoms with Gasteiger partial charge in [-0.3, -0.25) is 9.59 Å². The summed E-state index contributed by atoms with van der Waals surface area (Å²) in [4.78, 5) is 26.8. The van der Waals surface area contributed by atoms with E-state index in [9.17, 15) is 9.59 Å². The molecule has 2 aliphatic rings. The molecule has 0 saturated heterocycles. The predicted octanol–water partition coefficient (Wildman–Crippen LogP) is 4.20. The number of nitrogens with zero attached hydrogens (tertiary/aromatic N) is 1. The highest BCUT2D eigenvalue weighted by Crippen LogP contribution is 2.33. The molecule has 4 rings (SSSR count). The van der Waals surface area contributed by atoms with E-state index in [0.717, 1.165) is 16.7 Å². The number of amides is 2. The molecule has 0 fully saturated rings. The minimum atomic E-state index is -1.50. The molecule has 1 heterocycles. The van der Waals surface area contributed by atoms with Gasteiger partial charge in [0.15, 0.2) is 0 Å². The maximum absolute atomic E-state index is 12.8. The van der Waals surface area contributed by atoms with Gasteiger partial charge in [-0.2, -0.15) is 0 Å². The van der Waals surface area contributed by atoms with Crippen LogP contribution in [0.5, 0.6) is 0 Å². The van der Waals surface area contributed by atoms with Crippen LogP contribution < -0.4 is 4.90 Å². The zero-order valence-corrected chi connectivity index (χ0v) is 15.4. The van der Waals surface area contributed by atoms with Crippen molar-refractivity contribution in [3.8, 4) is 11.5 Å². The van der Waals surface area contributed by atoms with E-state index in [0.29, 0.717) is 16.8 Å². The van der Waals surface area contributed by atoms with Gasteiger partial charge in [-0.1, -0.05) is 43.8 Å². The highest BCUT2D eigenvalue weighted by Gasteiger charge is 2.37. The lowest BCUT2D eigenvalue weighted by atomic mass is 9.97. The Morgan fingerprint density at radius 3 is 2.20 bits per heavy atom. The van der Waals surface area contributed by atoms with Crippen LogP contribution >= 0.6 is 0 Å². The van der Waals surface area contributed by atoms with Crippen molar-refractivity contribution < 1.29 is 9.59 Å². The van der Waals surface area contributed by atoms with E-state index in [2.05, 4.69) is 31.1 Å². The summed E-state index contributed by atoms with van der Waals surface area (Å²) in [6.07, 6.45) is 3.98. The normalized spacial score (nSPS) is 14.6. The summed E-state index contributed by atoms with van der Waals surface area (Å²) in [5.41, 5.74) is 7.75. The first-order valence-corrected chi connectivity index (χ1v) is 11.7. The molecule has 0 radical (unpaired) electrons. The van der Waals surface area contributed by atoms with Crippen LogP contribution in [-0.2, 0) is 0 Å². The van der Waals surface area contributed by atoms with Crippen molar-refractivity contribution in [1.29, 1.82) is 0 Å². The molecule has 0 unspecified atom stereocenters. The number of carbonyl (C=O) groups is 2. The standard InChI is InChI=1S/C21H17NO2Si/c1-25(2,3)11-10-14-4-9-18-19(12-14)21(24)22(20(18)23)17-8-7-15-5-6-16(15)13-17/h4-9,12-13H,1-3H3. The number of carbonyl (C=O) groups excluding carboxylic acids is 2. The second kappa shape index (κ2) is 5.30. The molecule has 2 amide bonds. The molecule has 0 N–H and O–H groups in total. The molecule has 3 nitrogen and oxygen atoms in total. The molecule has 0 bridgehead atoms. The first-order valence-electron chi connectivity index (χ1n) is 8.22. The zero-order valence-electron chi connectivity index (χ0n) is 14.4. The average molecular weight is 343 g/mol. The number of anilines is 1. The molecule has 1 aliphatic carbocycles. The summed E-state index contributed by atoms with van der Waals surface area (Å²) >= 11 is 0. The fourth-order valence-electron chi connectivity index (χ4n) is 2.89. The lowest BCUT2D eigenvalue weighted by molar-refractivity contribution is 0.0926. The number of imide groups is 1. The van der Waals surface area contributed by atoms with E-state index >= 15 is 0 Å². The Balaban J connectivity index is 1.72. The number of fused-ring (bicyclic) bond motifs is 2. The zero-order chi connectivity index (χ0) is 17.8. The molecule has 0 aromatic heterocycles. The molecule has 0 atom stereocenters. The Hall–Kier alpha value is -2.90. The van der Waals surface area contributed by atoms with Crippen molar-refractivity contribution in [1.82, 2.24) is 0 Å². The SMILES string of the molecule is C[Si](C)(C)C#Cc1ccc2c(c1)C(=O)N(c1ccc3c(c1)C=C3)C2=O. The third kappa shape index (κ3) is 2.63. The highest BCUT2D eigenvalue weighted by molar-refractivity contribution is 6.83. The second-order valence-corrected chi connectivity index (χ2v) is 12.1. The molecule has 122 valence electrons. The minimum Gasteiger partial charge on any atom is -0.268 e. The van der Waals surface area contributed by atoms with Gasteiger partial charge in [0.2, 0.25) is 0 Å². The number of hydrogen-bond acceptors (Lipinski definition) is 2. The minimum absolute atomic E-state index is 0.270. The molecule has 25 heavy (non-hydrogen) atoms. The highest BCUT2D eigenvalue weighted by atomic mass is 28.3. The summed E-state index contributed by atoms with van der Waals surface area (Å²) in [5, 5.41) is 0. The number of hydrogen-bond donors (Lipinski definition) is 0. The van der Waals surface area contributed by atoms with Crippen LogP contribution in [0.4, 0.5) is 5.69 Å². The topological polar surface area (TPSA) is 37.4 Å².